The molecule has 1 saturated heterocycles. The summed E-state index contributed by atoms with van der Waals surface area (Å²) in [5, 5.41) is 8.14. The van der Waals surface area contributed by atoms with E-state index >= 15 is 0 Å². The first-order valence-electron chi connectivity index (χ1n) is 6.84. The van der Waals surface area contributed by atoms with E-state index < -0.39 is 0 Å². The van der Waals surface area contributed by atoms with Gasteiger partial charge in [0.2, 0.25) is 5.82 Å². The molecule has 1 amide bonds. The maximum Gasteiger partial charge on any atom is 0.293 e. The summed E-state index contributed by atoms with van der Waals surface area (Å²) in [6, 6.07) is 7.40. The summed E-state index contributed by atoms with van der Waals surface area (Å²) in [5.41, 5.74) is 0.780. The van der Waals surface area contributed by atoms with Gasteiger partial charge in [0.05, 0.1) is 5.69 Å². The van der Waals surface area contributed by atoms with E-state index in [1.165, 1.54) is 6.33 Å². The molecule has 110 valence electrons. The fourth-order valence-corrected chi connectivity index (χ4v) is 2.56. The lowest BCUT2D eigenvalue weighted by molar-refractivity contribution is 0.0643. The van der Waals surface area contributed by atoms with Crippen molar-refractivity contribution in [2.24, 2.45) is 0 Å². The standard InChI is InChI=1S/C14H16ClN5O/c1-10-8-16-5-6-19(10)14(21)13-17-9-20(18-13)12-4-2-3-11(15)7-12/h2-4,7,9-10,16H,5-6,8H2,1H3/t10-/m0/s1. The van der Waals surface area contributed by atoms with Crippen LogP contribution >= 0.6 is 11.6 Å². The lowest BCUT2D eigenvalue weighted by atomic mass is 10.2. The number of aromatic nitrogens is 3. The van der Waals surface area contributed by atoms with Crippen molar-refractivity contribution in [2.75, 3.05) is 19.6 Å². The van der Waals surface area contributed by atoms with E-state index in [1.54, 1.807) is 21.7 Å². The Hall–Kier alpha value is -1.92. The molecule has 0 spiro atoms. The van der Waals surface area contributed by atoms with Gasteiger partial charge in [-0.25, -0.2) is 9.67 Å². The number of piperazine rings is 1. The number of nitrogens with one attached hydrogen (secondary N) is 1. The molecular formula is C14H16ClN5O. The van der Waals surface area contributed by atoms with Crippen LogP contribution in [0, 0.1) is 0 Å². The Morgan fingerprint density at radius 3 is 3.10 bits per heavy atom. The number of carbonyl (C=O) groups is 1. The highest BCUT2D eigenvalue weighted by Gasteiger charge is 2.26. The molecule has 0 radical (unpaired) electrons. The van der Waals surface area contributed by atoms with Crippen molar-refractivity contribution >= 4 is 17.5 Å². The molecule has 6 nitrogen and oxygen atoms in total. The van der Waals surface area contributed by atoms with E-state index in [2.05, 4.69) is 15.4 Å². The second-order valence-electron chi connectivity index (χ2n) is 5.04. The molecule has 7 heteroatoms. The van der Waals surface area contributed by atoms with Crippen LogP contribution in [0.3, 0.4) is 0 Å². The van der Waals surface area contributed by atoms with Crippen molar-refractivity contribution in [3.63, 3.8) is 0 Å². The van der Waals surface area contributed by atoms with E-state index in [4.69, 9.17) is 11.6 Å². The highest BCUT2D eigenvalue weighted by atomic mass is 35.5. The molecule has 2 heterocycles. The summed E-state index contributed by atoms with van der Waals surface area (Å²) >= 11 is 5.96. The Kier molecular flexibility index (Phi) is 3.90. The molecule has 3 rings (SSSR count). The predicted octanol–water partition coefficient (Wildman–Crippen LogP) is 1.35. The number of benzene rings is 1. The lowest BCUT2D eigenvalue weighted by Crippen LogP contribution is -2.52. The highest BCUT2D eigenvalue weighted by Crippen LogP contribution is 2.14. The van der Waals surface area contributed by atoms with E-state index in [0.29, 0.717) is 11.6 Å². The van der Waals surface area contributed by atoms with Crippen molar-refractivity contribution in [3.05, 3.63) is 41.4 Å². The SMILES string of the molecule is C[C@H]1CNCCN1C(=O)c1ncn(-c2cccc(Cl)c2)n1. The van der Waals surface area contributed by atoms with Crippen molar-refractivity contribution < 1.29 is 4.79 Å². The zero-order valence-electron chi connectivity index (χ0n) is 11.7. The normalized spacial score (nSPS) is 18.8. The minimum absolute atomic E-state index is 0.134. The molecule has 0 bridgehead atoms. The van der Waals surface area contributed by atoms with E-state index in [-0.39, 0.29) is 17.8 Å². The Morgan fingerprint density at radius 2 is 2.33 bits per heavy atom. The first-order chi connectivity index (χ1) is 10.1. The summed E-state index contributed by atoms with van der Waals surface area (Å²) < 4.78 is 1.56. The van der Waals surface area contributed by atoms with E-state index in [9.17, 15) is 4.79 Å². The predicted molar refractivity (Wildman–Crippen MR) is 79.7 cm³/mol. The minimum Gasteiger partial charge on any atom is -0.331 e. The van der Waals surface area contributed by atoms with Crippen LogP contribution in [-0.2, 0) is 0 Å². The zero-order chi connectivity index (χ0) is 14.8. The molecule has 0 unspecified atom stereocenters. The third-order valence-electron chi connectivity index (χ3n) is 3.52. The van der Waals surface area contributed by atoms with Crippen LogP contribution in [0.15, 0.2) is 30.6 Å². The Bertz CT molecular complexity index is 656. The number of rotatable bonds is 2. The molecule has 0 saturated carbocycles. The fraction of sp³-hybridized carbons (Fsp3) is 0.357. The summed E-state index contributed by atoms with van der Waals surface area (Å²) in [5.74, 6) is 0.0773. The van der Waals surface area contributed by atoms with E-state index in [0.717, 1.165) is 18.8 Å². The number of carbonyl (C=O) groups excluding carboxylic acids is 1. The quantitative estimate of drug-likeness (QED) is 0.910. The van der Waals surface area contributed by atoms with Crippen molar-refractivity contribution in [1.82, 2.24) is 25.0 Å². The molecule has 1 aliphatic heterocycles. The van der Waals surface area contributed by atoms with Gasteiger partial charge in [-0.2, -0.15) is 0 Å². The van der Waals surface area contributed by atoms with Gasteiger partial charge in [-0.3, -0.25) is 4.79 Å². The van der Waals surface area contributed by atoms with Crippen LogP contribution in [0.25, 0.3) is 5.69 Å². The highest BCUT2D eigenvalue weighted by molar-refractivity contribution is 6.30. The van der Waals surface area contributed by atoms with Crippen molar-refractivity contribution in [2.45, 2.75) is 13.0 Å². The number of hydrogen-bond donors (Lipinski definition) is 1. The van der Waals surface area contributed by atoms with Crippen LogP contribution in [0.5, 0.6) is 0 Å². The maximum atomic E-state index is 12.5. The average molecular weight is 306 g/mol. The van der Waals surface area contributed by atoms with Gasteiger partial charge in [-0.15, -0.1) is 5.10 Å². The van der Waals surface area contributed by atoms with Gasteiger partial charge < -0.3 is 10.2 Å². The van der Waals surface area contributed by atoms with Gasteiger partial charge in [0.15, 0.2) is 0 Å². The first kappa shape index (κ1) is 14.0. The molecular weight excluding hydrogens is 290 g/mol. The molecule has 1 fully saturated rings. The Morgan fingerprint density at radius 1 is 1.48 bits per heavy atom. The first-order valence-corrected chi connectivity index (χ1v) is 7.22. The lowest BCUT2D eigenvalue weighted by Gasteiger charge is -2.33. The zero-order valence-corrected chi connectivity index (χ0v) is 12.4. The number of amides is 1. The summed E-state index contributed by atoms with van der Waals surface area (Å²) in [6.07, 6.45) is 1.53. The maximum absolute atomic E-state index is 12.5. The van der Waals surface area contributed by atoms with Crippen LogP contribution < -0.4 is 5.32 Å². The summed E-state index contributed by atoms with van der Waals surface area (Å²) in [6.45, 7) is 4.27. The van der Waals surface area contributed by atoms with Gasteiger partial charge in [0.1, 0.15) is 6.33 Å². The molecule has 21 heavy (non-hydrogen) atoms. The van der Waals surface area contributed by atoms with Gasteiger partial charge in [0.25, 0.3) is 5.91 Å². The number of nitrogens with zero attached hydrogens (tertiary/aromatic N) is 4. The molecule has 2 aromatic rings. The van der Waals surface area contributed by atoms with Crippen molar-refractivity contribution in [3.8, 4) is 5.69 Å². The topological polar surface area (TPSA) is 63.1 Å². The van der Waals surface area contributed by atoms with Gasteiger partial charge >= 0.3 is 0 Å². The van der Waals surface area contributed by atoms with E-state index in [1.807, 2.05) is 19.1 Å². The van der Waals surface area contributed by atoms with Gasteiger partial charge in [0, 0.05) is 30.7 Å². The minimum atomic E-state index is -0.134. The number of halogens is 1. The smallest absolute Gasteiger partial charge is 0.293 e. The van der Waals surface area contributed by atoms with Gasteiger partial charge in [-0.1, -0.05) is 17.7 Å². The molecule has 1 N–H and O–H groups in total. The monoisotopic (exact) mass is 305 g/mol. The van der Waals surface area contributed by atoms with Crippen LogP contribution in [-0.4, -0.2) is 51.2 Å². The summed E-state index contributed by atoms with van der Waals surface area (Å²) in [4.78, 5) is 18.4. The number of hydrogen-bond acceptors (Lipinski definition) is 4. The second kappa shape index (κ2) is 5.83. The van der Waals surface area contributed by atoms with Crippen LogP contribution in [0.1, 0.15) is 17.5 Å². The summed E-state index contributed by atoms with van der Waals surface area (Å²) in [7, 11) is 0. The van der Waals surface area contributed by atoms with Crippen molar-refractivity contribution in [1.29, 1.82) is 0 Å². The van der Waals surface area contributed by atoms with Gasteiger partial charge in [-0.05, 0) is 25.1 Å². The second-order valence-corrected chi connectivity index (χ2v) is 5.48. The molecule has 1 aromatic heterocycles. The van der Waals surface area contributed by atoms with Crippen LogP contribution in [0.2, 0.25) is 5.02 Å². The molecule has 1 aromatic carbocycles. The van der Waals surface area contributed by atoms with Crippen LogP contribution in [0.4, 0.5) is 0 Å². The Balaban J connectivity index is 1.83. The molecule has 0 aliphatic carbocycles. The fourth-order valence-electron chi connectivity index (χ4n) is 2.38. The average Bonchev–Trinajstić information content (AvgIpc) is 2.97. The Labute approximate surface area is 127 Å². The third kappa shape index (κ3) is 2.91. The third-order valence-corrected chi connectivity index (χ3v) is 3.75. The largest absolute Gasteiger partial charge is 0.331 e. The molecule has 1 atom stereocenters. The molecule has 1 aliphatic rings.